The van der Waals surface area contributed by atoms with Crippen molar-refractivity contribution in [2.75, 3.05) is 7.11 Å². The van der Waals surface area contributed by atoms with E-state index in [1.54, 1.807) is 7.11 Å². The Morgan fingerprint density at radius 3 is 2.53 bits per heavy atom. The molecule has 0 spiro atoms. The first-order valence-electron chi connectivity index (χ1n) is 7.17. The summed E-state index contributed by atoms with van der Waals surface area (Å²) in [7, 11) is 1.67. The minimum atomic E-state index is 0.307. The normalized spacial score (nSPS) is 23.1. The van der Waals surface area contributed by atoms with Gasteiger partial charge in [0.15, 0.2) is 11.5 Å². The number of alkyl halides is 1. The minimum absolute atomic E-state index is 0.307. The molecule has 0 N–H and O–H groups in total. The number of para-hydroxylation sites is 1. The molecule has 1 aromatic rings. The van der Waals surface area contributed by atoms with Gasteiger partial charge in [0.05, 0.1) is 19.1 Å². The molecule has 3 heteroatoms. The van der Waals surface area contributed by atoms with Gasteiger partial charge in [-0.15, -0.1) is 11.6 Å². The quantitative estimate of drug-likeness (QED) is 0.724. The molecule has 0 heterocycles. The third-order valence-corrected chi connectivity index (χ3v) is 4.37. The SMILES string of the molecule is CCC1CCC(Oc2c(CCl)cccc2OC)CC1. The molecule has 2 rings (SSSR count). The van der Waals surface area contributed by atoms with Gasteiger partial charge in [-0.3, -0.25) is 0 Å². The van der Waals surface area contributed by atoms with Gasteiger partial charge in [0.1, 0.15) is 0 Å². The average molecular weight is 283 g/mol. The molecule has 19 heavy (non-hydrogen) atoms. The fourth-order valence-electron chi connectivity index (χ4n) is 2.79. The number of ether oxygens (including phenoxy) is 2. The average Bonchev–Trinajstić information content (AvgIpc) is 2.48. The highest BCUT2D eigenvalue weighted by molar-refractivity contribution is 6.17. The van der Waals surface area contributed by atoms with Crippen molar-refractivity contribution in [2.45, 2.75) is 51.0 Å². The Morgan fingerprint density at radius 2 is 1.95 bits per heavy atom. The highest BCUT2D eigenvalue weighted by Crippen LogP contribution is 2.36. The van der Waals surface area contributed by atoms with Crippen molar-refractivity contribution in [2.24, 2.45) is 5.92 Å². The van der Waals surface area contributed by atoms with E-state index in [2.05, 4.69) is 6.92 Å². The number of methoxy groups -OCH3 is 1. The second kappa shape index (κ2) is 7.04. The fourth-order valence-corrected chi connectivity index (χ4v) is 3.00. The Labute approximate surface area is 121 Å². The van der Waals surface area contributed by atoms with Crippen molar-refractivity contribution < 1.29 is 9.47 Å². The van der Waals surface area contributed by atoms with Crippen molar-refractivity contribution in [3.63, 3.8) is 0 Å². The predicted molar refractivity (Wildman–Crippen MR) is 79.2 cm³/mol. The zero-order valence-corrected chi connectivity index (χ0v) is 12.6. The Balaban J connectivity index is 2.06. The van der Waals surface area contributed by atoms with E-state index in [1.165, 1.54) is 19.3 Å². The van der Waals surface area contributed by atoms with Crippen LogP contribution >= 0.6 is 11.6 Å². The third-order valence-electron chi connectivity index (χ3n) is 4.08. The molecule has 0 saturated heterocycles. The molecule has 1 fully saturated rings. The van der Waals surface area contributed by atoms with Gasteiger partial charge in [-0.25, -0.2) is 0 Å². The Bertz CT molecular complexity index is 375. The molecule has 106 valence electrons. The Kier molecular flexibility index (Phi) is 5.38. The largest absolute Gasteiger partial charge is 0.493 e. The Morgan fingerprint density at radius 1 is 1.21 bits per heavy atom. The lowest BCUT2D eigenvalue weighted by molar-refractivity contribution is 0.125. The van der Waals surface area contributed by atoms with Gasteiger partial charge < -0.3 is 9.47 Å². The van der Waals surface area contributed by atoms with Crippen LogP contribution in [0.3, 0.4) is 0 Å². The van der Waals surface area contributed by atoms with E-state index in [1.807, 2.05) is 18.2 Å². The number of hydrogen-bond donors (Lipinski definition) is 0. The van der Waals surface area contributed by atoms with Crippen LogP contribution in [0, 0.1) is 5.92 Å². The number of rotatable bonds is 5. The van der Waals surface area contributed by atoms with Crippen LogP contribution < -0.4 is 9.47 Å². The van der Waals surface area contributed by atoms with E-state index in [4.69, 9.17) is 21.1 Å². The smallest absolute Gasteiger partial charge is 0.165 e. The highest BCUT2D eigenvalue weighted by atomic mass is 35.5. The summed E-state index contributed by atoms with van der Waals surface area (Å²) in [6, 6.07) is 5.89. The van der Waals surface area contributed by atoms with Crippen molar-refractivity contribution in [3.8, 4) is 11.5 Å². The van der Waals surface area contributed by atoms with E-state index in [9.17, 15) is 0 Å². The van der Waals surface area contributed by atoms with E-state index in [0.29, 0.717) is 12.0 Å². The molecule has 0 unspecified atom stereocenters. The summed E-state index contributed by atoms with van der Waals surface area (Å²) in [6.45, 7) is 2.28. The zero-order valence-electron chi connectivity index (χ0n) is 11.8. The lowest BCUT2D eigenvalue weighted by Gasteiger charge is -2.29. The fraction of sp³-hybridized carbons (Fsp3) is 0.625. The molecule has 0 radical (unpaired) electrons. The molecule has 1 aliphatic carbocycles. The second-order valence-electron chi connectivity index (χ2n) is 5.25. The number of hydrogen-bond acceptors (Lipinski definition) is 2. The van der Waals surface area contributed by atoms with Gasteiger partial charge in [0, 0.05) is 5.56 Å². The zero-order chi connectivity index (χ0) is 13.7. The summed E-state index contributed by atoms with van der Waals surface area (Å²) in [5.74, 6) is 2.96. The van der Waals surface area contributed by atoms with E-state index < -0.39 is 0 Å². The van der Waals surface area contributed by atoms with E-state index in [0.717, 1.165) is 35.8 Å². The minimum Gasteiger partial charge on any atom is -0.493 e. The van der Waals surface area contributed by atoms with Crippen molar-refractivity contribution >= 4 is 11.6 Å². The highest BCUT2D eigenvalue weighted by Gasteiger charge is 2.23. The van der Waals surface area contributed by atoms with Gasteiger partial charge in [-0.1, -0.05) is 25.5 Å². The van der Waals surface area contributed by atoms with Crippen LogP contribution in [0.5, 0.6) is 11.5 Å². The molecule has 2 nitrogen and oxygen atoms in total. The molecule has 1 aromatic carbocycles. The summed E-state index contributed by atoms with van der Waals surface area (Å²) in [6.07, 6.45) is 6.41. The van der Waals surface area contributed by atoms with Gasteiger partial charge >= 0.3 is 0 Å². The first-order valence-corrected chi connectivity index (χ1v) is 7.70. The monoisotopic (exact) mass is 282 g/mol. The Hall–Kier alpha value is -0.890. The van der Waals surface area contributed by atoms with Crippen LogP contribution in [0.4, 0.5) is 0 Å². The summed E-state index contributed by atoms with van der Waals surface area (Å²) in [5.41, 5.74) is 1.01. The van der Waals surface area contributed by atoms with Crippen molar-refractivity contribution in [3.05, 3.63) is 23.8 Å². The van der Waals surface area contributed by atoms with Crippen molar-refractivity contribution in [1.29, 1.82) is 0 Å². The molecule has 0 bridgehead atoms. The topological polar surface area (TPSA) is 18.5 Å². The first-order chi connectivity index (χ1) is 9.28. The number of benzene rings is 1. The van der Waals surface area contributed by atoms with E-state index >= 15 is 0 Å². The maximum atomic E-state index is 6.18. The van der Waals surface area contributed by atoms with Crippen LogP contribution in [0.25, 0.3) is 0 Å². The van der Waals surface area contributed by atoms with Crippen LogP contribution in [-0.2, 0) is 5.88 Å². The standard InChI is InChI=1S/C16H23ClO2/c1-3-12-7-9-14(10-8-12)19-16-13(11-17)5-4-6-15(16)18-2/h4-6,12,14H,3,7-11H2,1-2H3. The lowest BCUT2D eigenvalue weighted by Crippen LogP contribution is -2.24. The molecule has 0 atom stereocenters. The summed E-state index contributed by atoms with van der Waals surface area (Å²) < 4.78 is 11.6. The van der Waals surface area contributed by atoms with Crippen LogP contribution in [0.1, 0.15) is 44.6 Å². The molecular formula is C16H23ClO2. The van der Waals surface area contributed by atoms with Gasteiger partial charge in [0.25, 0.3) is 0 Å². The maximum Gasteiger partial charge on any atom is 0.165 e. The van der Waals surface area contributed by atoms with Gasteiger partial charge in [0.2, 0.25) is 0 Å². The third kappa shape index (κ3) is 3.56. The maximum absolute atomic E-state index is 6.18. The summed E-state index contributed by atoms with van der Waals surface area (Å²) in [5, 5.41) is 0. The van der Waals surface area contributed by atoms with Crippen molar-refractivity contribution in [1.82, 2.24) is 0 Å². The first kappa shape index (κ1) is 14.5. The lowest BCUT2D eigenvalue weighted by atomic mass is 9.86. The number of halogens is 1. The molecule has 1 aliphatic rings. The molecule has 1 saturated carbocycles. The second-order valence-corrected chi connectivity index (χ2v) is 5.52. The molecule has 0 aromatic heterocycles. The summed E-state index contributed by atoms with van der Waals surface area (Å²) >= 11 is 5.99. The molecule has 0 aliphatic heterocycles. The van der Waals surface area contributed by atoms with Crippen LogP contribution in [0.2, 0.25) is 0 Å². The van der Waals surface area contributed by atoms with E-state index in [-0.39, 0.29) is 0 Å². The predicted octanol–water partition coefficient (Wildman–Crippen LogP) is 4.78. The van der Waals surface area contributed by atoms with Crippen LogP contribution in [0.15, 0.2) is 18.2 Å². The summed E-state index contributed by atoms with van der Waals surface area (Å²) in [4.78, 5) is 0. The molecular weight excluding hydrogens is 260 g/mol. The van der Waals surface area contributed by atoms with Gasteiger partial charge in [-0.2, -0.15) is 0 Å². The molecule has 0 amide bonds. The van der Waals surface area contributed by atoms with Gasteiger partial charge in [-0.05, 0) is 37.7 Å². The van der Waals surface area contributed by atoms with Crippen LogP contribution in [-0.4, -0.2) is 13.2 Å².